The molecule has 2 unspecified atom stereocenters. The van der Waals surface area contributed by atoms with Gasteiger partial charge in [0.25, 0.3) is 11.8 Å². The van der Waals surface area contributed by atoms with Crippen molar-refractivity contribution in [2.75, 3.05) is 12.4 Å². The highest BCUT2D eigenvalue weighted by Crippen LogP contribution is 2.46. The molecular weight excluding hydrogens is 664 g/mol. The van der Waals surface area contributed by atoms with Gasteiger partial charge in [0.2, 0.25) is 5.71 Å². The fourth-order valence-corrected chi connectivity index (χ4v) is 7.66. The number of aromatic nitrogens is 4. The Hall–Kier alpha value is -3.52. The van der Waals surface area contributed by atoms with Gasteiger partial charge in [-0.25, -0.2) is 14.3 Å². The van der Waals surface area contributed by atoms with Crippen molar-refractivity contribution in [2.45, 2.75) is 22.7 Å². The van der Waals surface area contributed by atoms with Crippen LogP contribution in [-0.4, -0.2) is 71.6 Å². The predicted octanol–water partition coefficient (Wildman–Crippen LogP) is -0.0288. The second-order valence-electron chi connectivity index (χ2n) is 8.38. The number of carbonyl (C=O) groups excluding carboxylic acids is 2. The van der Waals surface area contributed by atoms with Crippen molar-refractivity contribution in [3.8, 4) is 11.3 Å². The SMILES string of the molecule is CCON=C(C(=O)NC1C(=O)N2C(C(=O)O)=C(Sc3nc(-c4cc[n+](C)cc4)cs3)CS[C@H]12)c1nsc(=O)[nH]1.N[P+](=O)[O-]. The molecule has 3 aromatic heterocycles. The van der Waals surface area contributed by atoms with Crippen LogP contribution in [0.1, 0.15) is 12.7 Å². The van der Waals surface area contributed by atoms with Crippen LogP contribution in [0.4, 0.5) is 0 Å². The molecule has 5 N–H and O–H groups in total. The van der Waals surface area contributed by atoms with Crippen LogP contribution in [0.2, 0.25) is 0 Å². The Morgan fingerprint density at radius 3 is 2.70 bits per heavy atom. The fraction of sp³-hybridized carbons (Fsp3) is 0.273. The molecule has 43 heavy (non-hydrogen) atoms. The van der Waals surface area contributed by atoms with E-state index in [1.54, 1.807) is 6.92 Å². The summed E-state index contributed by atoms with van der Waals surface area (Å²) in [7, 11) is -0.700. The van der Waals surface area contributed by atoms with Gasteiger partial charge in [0.1, 0.15) is 30.8 Å². The van der Waals surface area contributed by atoms with Crippen LogP contribution in [0.5, 0.6) is 0 Å². The van der Waals surface area contributed by atoms with Crippen LogP contribution >= 0.6 is 54.6 Å². The van der Waals surface area contributed by atoms with E-state index in [0.29, 0.717) is 26.5 Å². The number of aryl methyl sites for hydroxylation is 1. The third kappa shape index (κ3) is 7.71. The number of rotatable bonds is 9. The molecule has 21 heteroatoms. The number of nitrogens with one attached hydrogen (secondary N) is 2. The minimum Gasteiger partial charge on any atom is -0.578 e. The molecular formula is C22H22N8O8PS4+. The molecule has 1 fully saturated rings. The number of amides is 2. The van der Waals surface area contributed by atoms with E-state index in [2.05, 4.69) is 30.3 Å². The standard InChI is InChI=1S/C22H19N7O6S4.H2NO2P/c1-3-35-26-13(16-25-21(34)39-27-16)17(30)24-14-18(31)29-15(20(32)33)12(9-36-19(14)29)38-22-23-11(8-37-22)10-4-6-28(2)7-5-10;1-4(2)3/h4-8,14,19H,3,9H2,1-2H3,(H2-,24,25,27,30,32,33,34);(H2,1,2,3)/p+1/t14?,19-;/m1./s1. The van der Waals surface area contributed by atoms with E-state index in [-0.39, 0.29) is 23.8 Å². The summed E-state index contributed by atoms with van der Waals surface area (Å²) in [6, 6.07) is 2.89. The molecule has 0 bridgehead atoms. The molecule has 2 aliphatic heterocycles. The normalized spacial score (nSPS) is 18.2. The fourth-order valence-electron chi connectivity index (χ4n) is 3.75. The number of thioether (sulfide) groups is 2. The van der Waals surface area contributed by atoms with E-state index < -0.39 is 42.3 Å². The highest BCUT2D eigenvalue weighted by Gasteiger charge is 2.54. The topological polar surface area (TPSA) is 237 Å². The number of hydrogen-bond acceptors (Lipinski definition) is 14. The van der Waals surface area contributed by atoms with Crippen molar-refractivity contribution < 1.29 is 38.4 Å². The van der Waals surface area contributed by atoms with Crippen LogP contribution < -0.4 is 25.2 Å². The van der Waals surface area contributed by atoms with Crippen LogP contribution in [0.25, 0.3) is 11.3 Å². The molecule has 3 aromatic rings. The zero-order chi connectivity index (χ0) is 31.3. The Balaban J connectivity index is 0.000000996. The van der Waals surface area contributed by atoms with Gasteiger partial charge in [0.05, 0.1) is 5.69 Å². The van der Waals surface area contributed by atoms with Gasteiger partial charge >= 0.3 is 19.0 Å². The molecule has 0 spiro atoms. The van der Waals surface area contributed by atoms with Crippen molar-refractivity contribution in [2.24, 2.45) is 17.7 Å². The first-order chi connectivity index (χ1) is 20.5. The van der Waals surface area contributed by atoms with Crippen molar-refractivity contribution >= 4 is 78.1 Å². The Bertz CT molecular complexity index is 1670. The lowest BCUT2D eigenvalue weighted by molar-refractivity contribution is -0.671. The average Bonchev–Trinajstić information content (AvgIpc) is 3.60. The van der Waals surface area contributed by atoms with E-state index in [9.17, 15) is 24.3 Å². The number of aromatic amines is 1. The Morgan fingerprint density at radius 1 is 1.40 bits per heavy atom. The molecule has 16 nitrogen and oxygen atoms in total. The molecule has 5 rings (SSSR count). The summed E-state index contributed by atoms with van der Waals surface area (Å²) in [5, 5.41) is 17.6. The molecule has 2 amide bonds. The van der Waals surface area contributed by atoms with Gasteiger partial charge in [0.15, 0.2) is 22.6 Å². The van der Waals surface area contributed by atoms with Crippen molar-refractivity contribution in [1.82, 2.24) is 24.6 Å². The van der Waals surface area contributed by atoms with Crippen molar-refractivity contribution in [3.63, 3.8) is 0 Å². The summed E-state index contributed by atoms with van der Waals surface area (Å²) in [6.07, 6.45) is 3.83. The maximum atomic E-state index is 13.1. The monoisotopic (exact) mass is 685 g/mol. The third-order valence-corrected chi connectivity index (χ3v) is 9.58. The van der Waals surface area contributed by atoms with Gasteiger partial charge < -0.3 is 20.2 Å². The largest absolute Gasteiger partial charge is 0.578 e. The molecule has 0 radical (unpaired) electrons. The molecule has 0 saturated carbocycles. The number of carboxylic acid groups (broad SMARTS) is 1. The van der Waals surface area contributed by atoms with Crippen LogP contribution in [0, 0.1) is 0 Å². The molecule has 5 heterocycles. The number of nitrogens with two attached hydrogens (primary N) is 1. The predicted molar refractivity (Wildman–Crippen MR) is 157 cm³/mol. The summed E-state index contributed by atoms with van der Waals surface area (Å²) >= 11 is 4.54. The number of carboxylic acids is 1. The van der Waals surface area contributed by atoms with Gasteiger partial charge in [-0.15, -0.1) is 28.6 Å². The summed E-state index contributed by atoms with van der Waals surface area (Å²) in [5.41, 5.74) is 5.35. The summed E-state index contributed by atoms with van der Waals surface area (Å²) < 4.78 is 15.2. The average molecular weight is 686 g/mol. The first kappa shape index (κ1) is 32.4. The number of H-pyrrole nitrogens is 1. The minimum absolute atomic E-state index is 0.0899. The highest BCUT2D eigenvalue weighted by molar-refractivity contribution is 8.07. The number of oxime groups is 1. The van der Waals surface area contributed by atoms with Gasteiger partial charge in [-0.3, -0.25) is 24.3 Å². The summed E-state index contributed by atoms with van der Waals surface area (Å²) in [5.74, 6) is -2.38. The third-order valence-electron chi connectivity index (χ3n) is 5.55. The Labute approximate surface area is 260 Å². The number of hydrogen-bond donors (Lipinski definition) is 4. The zero-order valence-electron chi connectivity index (χ0n) is 22.2. The lowest BCUT2D eigenvalue weighted by Crippen LogP contribution is -2.71. The molecule has 0 aromatic carbocycles. The number of pyridine rings is 1. The minimum atomic E-state index is -2.62. The Kier molecular flexibility index (Phi) is 10.8. The lowest BCUT2D eigenvalue weighted by Gasteiger charge is -2.49. The zero-order valence-corrected chi connectivity index (χ0v) is 26.3. The lowest BCUT2D eigenvalue weighted by atomic mass is 10.0. The number of thiazole rings is 1. The van der Waals surface area contributed by atoms with Gasteiger partial charge in [-0.2, -0.15) is 4.37 Å². The number of β-lactam (4-membered cyclic amide) rings is 1. The van der Waals surface area contributed by atoms with E-state index in [1.165, 1.54) is 39.8 Å². The number of fused-ring (bicyclic) bond motifs is 1. The summed E-state index contributed by atoms with van der Waals surface area (Å²) in [6.45, 7) is 1.83. The van der Waals surface area contributed by atoms with Crippen LogP contribution in [-0.2, 0) is 30.8 Å². The van der Waals surface area contributed by atoms with Crippen LogP contribution in [0.3, 0.4) is 0 Å². The van der Waals surface area contributed by atoms with Crippen LogP contribution in [0.15, 0.2) is 54.8 Å². The van der Waals surface area contributed by atoms with Crippen molar-refractivity contribution in [1.29, 1.82) is 0 Å². The summed E-state index contributed by atoms with van der Waals surface area (Å²) in [4.78, 5) is 71.8. The molecule has 0 aliphatic carbocycles. The quantitative estimate of drug-likeness (QED) is 0.0762. The smallest absolute Gasteiger partial charge is 0.405 e. The number of nitrogens with zero attached hydrogens (tertiary/aromatic N) is 5. The molecule has 1 saturated heterocycles. The molecule has 226 valence electrons. The van der Waals surface area contributed by atoms with E-state index in [0.717, 1.165) is 11.3 Å². The van der Waals surface area contributed by atoms with Gasteiger partial charge in [-0.1, -0.05) is 21.5 Å². The highest BCUT2D eigenvalue weighted by atomic mass is 32.2. The maximum Gasteiger partial charge on any atom is 0.405 e. The molecule has 2 aliphatic rings. The Morgan fingerprint density at radius 2 is 2.09 bits per heavy atom. The van der Waals surface area contributed by atoms with E-state index in [4.69, 9.17) is 14.3 Å². The van der Waals surface area contributed by atoms with E-state index >= 15 is 0 Å². The van der Waals surface area contributed by atoms with Gasteiger partial charge in [-0.05, 0) is 6.92 Å². The first-order valence-corrected chi connectivity index (χ1v) is 16.7. The molecule has 3 atom stereocenters. The van der Waals surface area contributed by atoms with Gasteiger partial charge in [0, 0.05) is 45.3 Å². The number of aliphatic carboxylic acids is 1. The van der Waals surface area contributed by atoms with E-state index in [1.807, 2.05) is 41.5 Å². The second-order valence-corrected chi connectivity index (χ2v) is 13.0. The first-order valence-electron chi connectivity index (χ1n) is 12.0. The maximum absolute atomic E-state index is 13.1. The number of carbonyl (C=O) groups is 3. The second kappa shape index (κ2) is 14.3. The van der Waals surface area contributed by atoms with Crippen molar-refractivity contribution in [3.05, 3.63) is 56.0 Å².